The van der Waals surface area contributed by atoms with Crippen LogP contribution in [0.25, 0.3) is 20.2 Å². The van der Waals surface area contributed by atoms with Gasteiger partial charge in [0.25, 0.3) is 0 Å². The summed E-state index contributed by atoms with van der Waals surface area (Å²) in [5, 5.41) is 2.64. The van der Waals surface area contributed by atoms with Gasteiger partial charge in [0, 0.05) is 76.2 Å². The van der Waals surface area contributed by atoms with Gasteiger partial charge in [0.1, 0.15) is 11.6 Å². The maximum atomic E-state index is 4.81. The predicted molar refractivity (Wildman–Crippen MR) is 162 cm³/mol. The van der Waals surface area contributed by atoms with Crippen LogP contribution in [0.3, 0.4) is 0 Å². The molecule has 2 aliphatic heterocycles. The number of piperazine rings is 2. The number of benzene rings is 2. The minimum atomic E-state index is 0.843. The fraction of sp³-hybridized carbons (Fsp3) is 0.533. The Hall–Kier alpha value is -2.26. The lowest BCUT2D eigenvalue weighted by atomic mass is 9.78. The van der Waals surface area contributed by atoms with E-state index in [-0.39, 0.29) is 0 Å². The third-order valence-electron chi connectivity index (χ3n) is 9.11. The van der Waals surface area contributed by atoms with E-state index in [4.69, 9.17) is 8.75 Å². The minimum absolute atomic E-state index is 0.843. The molecule has 2 saturated heterocycles. The van der Waals surface area contributed by atoms with Crippen molar-refractivity contribution in [3.63, 3.8) is 0 Å². The Morgan fingerprint density at radius 3 is 1.45 bits per heavy atom. The number of nitrogens with zero attached hydrogens (tertiary/aromatic N) is 6. The van der Waals surface area contributed by atoms with Crippen LogP contribution in [0.1, 0.15) is 25.7 Å². The largest absolute Gasteiger partial charge is 0.353 e. The quantitative estimate of drug-likeness (QED) is 0.311. The first-order valence-corrected chi connectivity index (χ1v) is 16.0. The molecule has 38 heavy (non-hydrogen) atoms. The third-order valence-corrected chi connectivity index (χ3v) is 10.7. The zero-order valence-corrected chi connectivity index (χ0v) is 23.8. The molecule has 0 spiro atoms. The Morgan fingerprint density at radius 1 is 0.579 bits per heavy atom. The van der Waals surface area contributed by atoms with Crippen LogP contribution >= 0.6 is 23.1 Å². The highest BCUT2D eigenvalue weighted by Crippen LogP contribution is 2.34. The molecule has 6 nitrogen and oxygen atoms in total. The molecule has 2 aromatic heterocycles. The summed E-state index contributed by atoms with van der Waals surface area (Å²) >= 11 is 3.27. The molecule has 4 heterocycles. The Labute approximate surface area is 234 Å². The van der Waals surface area contributed by atoms with Gasteiger partial charge < -0.3 is 9.80 Å². The summed E-state index contributed by atoms with van der Waals surface area (Å²) in [7, 11) is 0. The van der Waals surface area contributed by atoms with Crippen molar-refractivity contribution < 1.29 is 0 Å². The molecule has 1 aliphatic carbocycles. The second-order valence-corrected chi connectivity index (χ2v) is 13.0. The average Bonchev–Trinajstić information content (AvgIpc) is 3.60. The van der Waals surface area contributed by atoms with Crippen LogP contribution < -0.4 is 9.80 Å². The number of hydrogen-bond donors (Lipinski definition) is 0. The van der Waals surface area contributed by atoms with Crippen molar-refractivity contribution in [1.82, 2.24) is 18.5 Å². The molecule has 0 radical (unpaired) electrons. The average molecular weight is 547 g/mol. The second kappa shape index (κ2) is 11.1. The van der Waals surface area contributed by atoms with E-state index in [2.05, 4.69) is 68.1 Å². The molecule has 3 aliphatic rings. The van der Waals surface area contributed by atoms with Gasteiger partial charge in [0.2, 0.25) is 0 Å². The zero-order chi connectivity index (χ0) is 25.3. The molecule has 200 valence electrons. The number of rotatable bonds is 6. The van der Waals surface area contributed by atoms with Crippen LogP contribution in [0.4, 0.5) is 11.6 Å². The maximum absolute atomic E-state index is 4.81. The van der Waals surface area contributed by atoms with E-state index in [0.29, 0.717) is 0 Å². The monoisotopic (exact) mass is 546 g/mol. The van der Waals surface area contributed by atoms with Gasteiger partial charge in [0.15, 0.2) is 0 Å². The molecule has 1 saturated carbocycles. The smallest absolute Gasteiger partial charge is 0.150 e. The lowest BCUT2D eigenvalue weighted by Crippen LogP contribution is -2.51. The molecule has 0 N–H and O–H groups in total. The molecule has 0 unspecified atom stereocenters. The molecule has 0 bridgehead atoms. The molecule has 4 aromatic rings. The molecular weight excluding hydrogens is 509 g/mol. The van der Waals surface area contributed by atoms with E-state index in [0.717, 1.165) is 64.2 Å². The fourth-order valence-corrected chi connectivity index (χ4v) is 8.51. The van der Waals surface area contributed by atoms with Gasteiger partial charge in [-0.1, -0.05) is 37.1 Å². The lowest BCUT2D eigenvalue weighted by molar-refractivity contribution is 0.107. The van der Waals surface area contributed by atoms with Crippen LogP contribution in [0.2, 0.25) is 0 Å². The highest BCUT2D eigenvalue weighted by atomic mass is 32.1. The molecule has 8 heteroatoms. The van der Waals surface area contributed by atoms with Crippen molar-refractivity contribution >= 4 is 54.9 Å². The number of anilines is 2. The van der Waals surface area contributed by atoms with Crippen LogP contribution in [0.5, 0.6) is 0 Å². The summed E-state index contributed by atoms with van der Waals surface area (Å²) in [5.41, 5.74) is 0. The van der Waals surface area contributed by atoms with Crippen LogP contribution in [-0.4, -0.2) is 84.0 Å². The Balaban J connectivity index is 0.923. The summed E-state index contributed by atoms with van der Waals surface area (Å²) in [5.74, 6) is 4.09. The summed E-state index contributed by atoms with van der Waals surface area (Å²) < 4.78 is 12.2. The number of aromatic nitrogens is 2. The number of fused-ring (bicyclic) bond motifs is 2. The van der Waals surface area contributed by atoms with Crippen molar-refractivity contribution in [2.45, 2.75) is 25.7 Å². The van der Waals surface area contributed by atoms with Gasteiger partial charge in [-0.15, -0.1) is 0 Å². The zero-order valence-electron chi connectivity index (χ0n) is 22.2. The minimum Gasteiger partial charge on any atom is -0.353 e. The molecule has 2 aromatic carbocycles. The molecular formula is C30H38N6S2. The SMILES string of the molecule is c1ccc2c(N3CCN(C[C@@H]4CCCC[C@H]4CN4CCN(c5nsc6ccccc56)CC4)CC3)nsc2c1. The van der Waals surface area contributed by atoms with Crippen molar-refractivity contribution in [2.75, 3.05) is 75.2 Å². The first kappa shape index (κ1) is 24.8. The molecule has 2 atom stereocenters. The van der Waals surface area contributed by atoms with Crippen molar-refractivity contribution in [3.8, 4) is 0 Å². The molecule has 0 amide bonds. The highest BCUT2D eigenvalue weighted by Gasteiger charge is 2.31. The van der Waals surface area contributed by atoms with Gasteiger partial charge >= 0.3 is 0 Å². The van der Waals surface area contributed by atoms with Gasteiger partial charge in [-0.3, -0.25) is 9.80 Å². The Kier molecular flexibility index (Phi) is 7.22. The van der Waals surface area contributed by atoms with Crippen molar-refractivity contribution in [1.29, 1.82) is 0 Å². The first-order chi connectivity index (χ1) is 18.8. The second-order valence-electron chi connectivity index (χ2n) is 11.4. The number of hydrogen-bond acceptors (Lipinski definition) is 8. The van der Waals surface area contributed by atoms with E-state index in [1.165, 1.54) is 70.6 Å². The summed E-state index contributed by atoms with van der Waals surface area (Å²) in [6.45, 7) is 11.6. The van der Waals surface area contributed by atoms with Crippen LogP contribution in [0, 0.1) is 11.8 Å². The molecule has 7 rings (SSSR count). The molecule has 3 fully saturated rings. The highest BCUT2D eigenvalue weighted by molar-refractivity contribution is 7.14. The van der Waals surface area contributed by atoms with E-state index < -0.39 is 0 Å². The fourth-order valence-electron chi connectivity index (χ4n) is 6.91. The van der Waals surface area contributed by atoms with Gasteiger partial charge in [-0.2, -0.15) is 8.75 Å². The van der Waals surface area contributed by atoms with Crippen molar-refractivity contribution in [3.05, 3.63) is 48.5 Å². The first-order valence-electron chi connectivity index (χ1n) is 14.5. The van der Waals surface area contributed by atoms with E-state index in [1.807, 2.05) is 0 Å². The van der Waals surface area contributed by atoms with E-state index >= 15 is 0 Å². The topological polar surface area (TPSA) is 38.7 Å². The lowest BCUT2D eigenvalue weighted by Gasteiger charge is -2.42. The third kappa shape index (κ3) is 5.04. The van der Waals surface area contributed by atoms with E-state index in [9.17, 15) is 0 Å². The summed E-state index contributed by atoms with van der Waals surface area (Å²) in [4.78, 5) is 10.5. The standard InChI is InChI=1S/C30H38N6S2/c1-2-8-24(22-34-15-19-36(20-16-34)30-26-10-4-6-12-28(26)38-32-30)23(7-1)21-33-13-17-35(18-14-33)29-25-9-3-5-11-27(25)37-31-29/h3-6,9-12,23-24H,1-2,7-8,13-22H2/t23-,24-/m0/s1. The van der Waals surface area contributed by atoms with Gasteiger partial charge in [-0.25, -0.2) is 0 Å². The van der Waals surface area contributed by atoms with Crippen LogP contribution in [-0.2, 0) is 0 Å². The Bertz CT molecular complexity index is 1250. The summed E-state index contributed by atoms with van der Waals surface area (Å²) in [6, 6.07) is 17.4. The summed E-state index contributed by atoms with van der Waals surface area (Å²) in [6.07, 6.45) is 5.64. The Morgan fingerprint density at radius 2 is 1.00 bits per heavy atom. The van der Waals surface area contributed by atoms with Gasteiger partial charge in [-0.05, 0) is 72.0 Å². The normalized spacial score (nSPS) is 24.0. The maximum Gasteiger partial charge on any atom is 0.150 e. The van der Waals surface area contributed by atoms with E-state index in [1.54, 1.807) is 23.1 Å². The van der Waals surface area contributed by atoms with Crippen LogP contribution in [0.15, 0.2) is 48.5 Å². The predicted octanol–water partition coefficient (Wildman–Crippen LogP) is 5.66. The van der Waals surface area contributed by atoms with Gasteiger partial charge in [0.05, 0.1) is 9.40 Å². The van der Waals surface area contributed by atoms with Crippen molar-refractivity contribution in [2.24, 2.45) is 11.8 Å².